The maximum atomic E-state index is 12.4. The highest BCUT2D eigenvalue weighted by atomic mass is 35.5. The largest absolute Gasteiger partial charge is 0.495 e. The van der Waals surface area contributed by atoms with Crippen molar-refractivity contribution in [1.82, 2.24) is 0 Å². The van der Waals surface area contributed by atoms with Crippen molar-refractivity contribution < 1.29 is 14.4 Å². The second-order valence-electron chi connectivity index (χ2n) is 5.15. The average molecular weight is 365 g/mol. The minimum Gasteiger partial charge on any atom is -0.495 e. The molecule has 24 heavy (non-hydrogen) atoms. The van der Waals surface area contributed by atoms with E-state index in [1.807, 2.05) is 18.2 Å². The molecule has 5 nitrogen and oxygen atoms in total. The fourth-order valence-electron chi connectivity index (χ4n) is 2.36. The minimum atomic E-state index is -0.736. The van der Waals surface area contributed by atoms with E-state index in [1.54, 1.807) is 24.3 Å². The molecule has 124 valence electrons. The van der Waals surface area contributed by atoms with Crippen LogP contribution in [0.5, 0.6) is 5.75 Å². The quantitative estimate of drug-likeness (QED) is 0.886. The van der Waals surface area contributed by atoms with Gasteiger partial charge in [0.05, 0.1) is 18.5 Å². The van der Waals surface area contributed by atoms with Gasteiger partial charge in [0.1, 0.15) is 5.75 Å². The average Bonchev–Trinajstić information content (AvgIpc) is 3.05. The number of oxime groups is 1. The summed E-state index contributed by atoms with van der Waals surface area (Å²) < 4.78 is 5.21. The van der Waals surface area contributed by atoms with Gasteiger partial charge < -0.3 is 14.9 Å². The summed E-state index contributed by atoms with van der Waals surface area (Å²) in [6.07, 6.45) is -0.404. The van der Waals surface area contributed by atoms with Gasteiger partial charge in [0.15, 0.2) is 0 Å². The number of ether oxygens (including phenoxy) is 1. The summed E-state index contributed by atoms with van der Waals surface area (Å²) >= 11 is 12.1. The highest BCUT2D eigenvalue weighted by molar-refractivity contribution is 6.34. The minimum absolute atomic E-state index is 0.332. The number of nitrogens with zero attached hydrogens (tertiary/aromatic N) is 1. The monoisotopic (exact) mass is 364 g/mol. The molecule has 0 spiro atoms. The topological polar surface area (TPSA) is 59.9 Å². The van der Waals surface area contributed by atoms with Gasteiger partial charge >= 0.3 is 0 Å². The zero-order chi connectivity index (χ0) is 17.1. The molecule has 2 aromatic carbocycles. The van der Waals surface area contributed by atoms with Crippen LogP contribution >= 0.6 is 23.2 Å². The smallest absolute Gasteiger partial charge is 0.268 e. The molecule has 0 saturated heterocycles. The normalized spacial score (nSPS) is 16.3. The Balaban J connectivity index is 1.70. The Morgan fingerprint density at radius 1 is 1.29 bits per heavy atom. The summed E-state index contributed by atoms with van der Waals surface area (Å²) in [4.78, 5) is 17.7. The number of hydrogen-bond acceptors (Lipinski definition) is 4. The van der Waals surface area contributed by atoms with Crippen LogP contribution in [0.3, 0.4) is 0 Å². The molecule has 7 heteroatoms. The number of nitrogens with one attached hydrogen (secondary N) is 1. The van der Waals surface area contributed by atoms with Gasteiger partial charge in [0.2, 0.25) is 6.10 Å². The molecular weight excluding hydrogens is 351 g/mol. The van der Waals surface area contributed by atoms with Gasteiger partial charge in [0.25, 0.3) is 5.91 Å². The fraction of sp³-hybridized carbons (Fsp3) is 0.176. The number of hydrogen-bond donors (Lipinski definition) is 1. The maximum absolute atomic E-state index is 12.4. The van der Waals surface area contributed by atoms with Crippen LogP contribution in [0.1, 0.15) is 12.0 Å². The SMILES string of the molecule is COc1ccc(Cl)cc1NC(=O)[C@@H]1CC(c2ccccc2Cl)=NO1. The van der Waals surface area contributed by atoms with Crippen LogP contribution in [0.2, 0.25) is 10.0 Å². The van der Waals surface area contributed by atoms with Gasteiger partial charge in [-0.1, -0.05) is 46.6 Å². The van der Waals surface area contributed by atoms with E-state index in [0.29, 0.717) is 33.6 Å². The van der Waals surface area contributed by atoms with E-state index in [4.69, 9.17) is 32.8 Å². The Morgan fingerprint density at radius 2 is 2.08 bits per heavy atom. The molecule has 3 rings (SSSR count). The lowest BCUT2D eigenvalue weighted by atomic mass is 10.0. The molecule has 1 aliphatic rings. The number of carbonyl (C=O) groups is 1. The second kappa shape index (κ2) is 7.11. The molecule has 1 amide bonds. The highest BCUT2D eigenvalue weighted by Crippen LogP contribution is 2.29. The first-order valence-electron chi connectivity index (χ1n) is 7.20. The van der Waals surface area contributed by atoms with Crippen LogP contribution in [-0.4, -0.2) is 24.8 Å². The van der Waals surface area contributed by atoms with Crippen LogP contribution in [0.4, 0.5) is 5.69 Å². The van der Waals surface area contributed by atoms with E-state index in [-0.39, 0.29) is 5.91 Å². The third-order valence-corrected chi connectivity index (χ3v) is 4.13. The van der Waals surface area contributed by atoms with Crippen LogP contribution in [0.25, 0.3) is 0 Å². The highest BCUT2D eigenvalue weighted by Gasteiger charge is 2.30. The molecular formula is C17H14Cl2N2O3. The van der Waals surface area contributed by atoms with Crippen molar-refractivity contribution in [3.05, 3.63) is 58.1 Å². The van der Waals surface area contributed by atoms with Crippen molar-refractivity contribution in [1.29, 1.82) is 0 Å². The Bertz CT molecular complexity index is 808. The third-order valence-electron chi connectivity index (χ3n) is 3.57. The molecule has 0 aliphatic carbocycles. The first-order chi connectivity index (χ1) is 11.6. The zero-order valence-corrected chi connectivity index (χ0v) is 14.3. The number of halogens is 2. The van der Waals surface area contributed by atoms with Crippen molar-refractivity contribution in [3.8, 4) is 5.75 Å². The van der Waals surface area contributed by atoms with Crippen molar-refractivity contribution in [2.24, 2.45) is 5.16 Å². The first-order valence-corrected chi connectivity index (χ1v) is 7.96. The number of carbonyl (C=O) groups excluding carboxylic acids is 1. The molecule has 0 saturated carbocycles. The van der Waals surface area contributed by atoms with Crippen molar-refractivity contribution in [3.63, 3.8) is 0 Å². The van der Waals surface area contributed by atoms with Crippen molar-refractivity contribution in [2.45, 2.75) is 12.5 Å². The Labute approximate surface area is 149 Å². The van der Waals surface area contributed by atoms with Crippen LogP contribution < -0.4 is 10.1 Å². The zero-order valence-electron chi connectivity index (χ0n) is 12.8. The second-order valence-corrected chi connectivity index (χ2v) is 5.99. The summed E-state index contributed by atoms with van der Waals surface area (Å²) in [6, 6.07) is 12.3. The van der Waals surface area contributed by atoms with Crippen LogP contribution in [-0.2, 0) is 9.63 Å². The molecule has 0 bridgehead atoms. The van der Waals surface area contributed by atoms with E-state index in [9.17, 15) is 4.79 Å². The number of anilines is 1. The molecule has 0 radical (unpaired) electrons. The lowest BCUT2D eigenvalue weighted by Crippen LogP contribution is -2.28. The standard InChI is InChI=1S/C17H14Cl2N2O3/c1-23-15-7-6-10(18)8-14(15)20-17(22)16-9-13(21-24-16)11-4-2-3-5-12(11)19/h2-8,16H,9H2,1H3,(H,20,22)/t16-/m0/s1. The number of amides is 1. The predicted molar refractivity (Wildman–Crippen MR) is 94.1 cm³/mol. The Kier molecular flexibility index (Phi) is 4.92. The Morgan fingerprint density at radius 3 is 2.83 bits per heavy atom. The van der Waals surface area contributed by atoms with Gasteiger partial charge in [-0.2, -0.15) is 0 Å². The van der Waals surface area contributed by atoms with E-state index < -0.39 is 6.10 Å². The number of rotatable bonds is 4. The summed E-state index contributed by atoms with van der Waals surface area (Å²) in [5.74, 6) is 0.180. The lowest BCUT2D eigenvalue weighted by Gasteiger charge is -2.13. The molecule has 1 N–H and O–H groups in total. The number of benzene rings is 2. The molecule has 1 aliphatic heterocycles. The maximum Gasteiger partial charge on any atom is 0.268 e. The molecule has 0 unspecified atom stereocenters. The molecule has 0 fully saturated rings. The third kappa shape index (κ3) is 3.47. The van der Waals surface area contributed by atoms with E-state index in [0.717, 1.165) is 5.56 Å². The Hall–Kier alpha value is -2.24. The van der Waals surface area contributed by atoms with Gasteiger partial charge in [-0.3, -0.25) is 4.79 Å². The summed E-state index contributed by atoms with van der Waals surface area (Å²) in [6.45, 7) is 0. The van der Waals surface area contributed by atoms with E-state index in [1.165, 1.54) is 7.11 Å². The van der Waals surface area contributed by atoms with Gasteiger partial charge in [-0.25, -0.2) is 0 Å². The summed E-state index contributed by atoms with van der Waals surface area (Å²) in [7, 11) is 1.52. The molecule has 2 aromatic rings. The van der Waals surface area contributed by atoms with Gasteiger partial charge in [-0.05, 0) is 24.3 Å². The first kappa shape index (κ1) is 16.6. The predicted octanol–water partition coefficient (Wildman–Crippen LogP) is 4.13. The molecule has 1 heterocycles. The van der Waals surface area contributed by atoms with Crippen LogP contribution in [0, 0.1) is 0 Å². The summed E-state index contributed by atoms with van der Waals surface area (Å²) in [5.41, 5.74) is 1.87. The van der Waals surface area contributed by atoms with E-state index in [2.05, 4.69) is 10.5 Å². The van der Waals surface area contributed by atoms with E-state index >= 15 is 0 Å². The van der Waals surface area contributed by atoms with Gasteiger partial charge in [0, 0.05) is 22.0 Å². The number of methoxy groups -OCH3 is 1. The fourth-order valence-corrected chi connectivity index (χ4v) is 2.78. The molecule has 0 aromatic heterocycles. The molecule has 1 atom stereocenters. The lowest BCUT2D eigenvalue weighted by molar-refractivity contribution is -0.125. The van der Waals surface area contributed by atoms with Crippen molar-refractivity contribution in [2.75, 3.05) is 12.4 Å². The summed E-state index contributed by atoms with van der Waals surface area (Å²) in [5, 5.41) is 7.80. The van der Waals surface area contributed by atoms with Crippen molar-refractivity contribution >= 4 is 40.5 Å². The van der Waals surface area contributed by atoms with Crippen LogP contribution in [0.15, 0.2) is 47.6 Å². The van der Waals surface area contributed by atoms with Gasteiger partial charge in [-0.15, -0.1) is 0 Å².